The van der Waals surface area contributed by atoms with Crippen LogP contribution in [0.15, 0.2) is 18.2 Å². The van der Waals surface area contributed by atoms with Crippen LogP contribution in [0.4, 0.5) is 0 Å². The summed E-state index contributed by atoms with van der Waals surface area (Å²) >= 11 is 0. The molecule has 0 spiro atoms. The van der Waals surface area contributed by atoms with E-state index in [4.69, 9.17) is 4.74 Å². The van der Waals surface area contributed by atoms with Crippen LogP contribution in [0.5, 0.6) is 11.5 Å². The average Bonchev–Trinajstić information content (AvgIpc) is 2.83. The Morgan fingerprint density at radius 2 is 2.06 bits per heavy atom. The lowest BCUT2D eigenvalue weighted by Gasteiger charge is -2.15. The number of nitrogens with zero attached hydrogens (tertiary/aromatic N) is 1. The Morgan fingerprint density at radius 3 is 2.82 bits per heavy atom. The molecule has 0 aliphatic carbocycles. The molecule has 1 aliphatic heterocycles. The Bertz CT molecular complexity index is 359. The normalized spacial score (nSPS) is 16.3. The smallest absolute Gasteiger partial charge is 0.125 e. The number of hydrogen-bond donors (Lipinski definition) is 1. The molecule has 2 rings (SSSR count). The summed E-state index contributed by atoms with van der Waals surface area (Å²) in [6.45, 7) is 6.21. The van der Waals surface area contributed by atoms with Crippen molar-refractivity contribution in [3.05, 3.63) is 23.8 Å². The summed E-state index contributed by atoms with van der Waals surface area (Å²) in [5.41, 5.74) is 0.827. The first kappa shape index (κ1) is 12.2. The molecular formula is C14H21NO2. The fraction of sp³-hybridized carbons (Fsp3) is 0.571. The fourth-order valence-corrected chi connectivity index (χ4v) is 2.24. The van der Waals surface area contributed by atoms with Crippen molar-refractivity contribution < 1.29 is 9.84 Å². The van der Waals surface area contributed by atoms with Crippen LogP contribution in [-0.4, -0.2) is 36.2 Å². The van der Waals surface area contributed by atoms with E-state index in [0.29, 0.717) is 5.75 Å². The lowest BCUT2D eigenvalue weighted by Crippen LogP contribution is -2.21. The van der Waals surface area contributed by atoms with Gasteiger partial charge in [0.2, 0.25) is 0 Å². The van der Waals surface area contributed by atoms with Crippen molar-refractivity contribution in [1.82, 2.24) is 4.90 Å². The van der Waals surface area contributed by atoms with Crippen LogP contribution in [0.1, 0.15) is 24.8 Å². The number of phenolic OH excluding ortho intramolecular Hbond substituents is 1. The summed E-state index contributed by atoms with van der Waals surface area (Å²) in [6.07, 6.45) is 3.73. The third kappa shape index (κ3) is 3.37. The summed E-state index contributed by atoms with van der Waals surface area (Å²) in [5, 5.41) is 9.54. The highest BCUT2D eigenvalue weighted by molar-refractivity contribution is 5.42. The van der Waals surface area contributed by atoms with Crippen molar-refractivity contribution in [2.24, 2.45) is 0 Å². The van der Waals surface area contributed by atoms with E-state index < -0.39 is 0 Å². The standard InChI is InChI=1S/C14H21NO2/c1-12-13(16)6-4-7-14(12)17-11-5-10-15-8-2-3-9-15/h4,6-7,16H,2-3,5,8-11H2,1H3. The van der Waals surface area contributed by atoms with E-state index in [-0.39, 0.29) is 0 Å². The van der Waals surface area contributed by atoms with Crippen molar-refractivity contribution in [1.29, 1.82) is 0 Å². The molecule has 1 aromatic rings. The zero-order valence-corrected chi connectivity index (χ0v) is 10.5. The monoisotopic (exact) mass is 235 g/mol. The number of aromatic hydroxyl groups is 1. The van der Waals surface area contributed by atoms with Gasteiger partial charge in [-0.15, -0.1) is 0 Å². The highest BCUT2D eigenvalue weighted by Gasteiger charge is 2.10. The maximum atomic E-state index is 9.54. The van der Waals surface area contributed by atoms with Gasteiger partial charge in [-0.25, -0.2) is 0 Å². The average molecular weight is 235 g/mol. The fourth-order valence-electron chi connectivity index (χ4n) is 2.24. The number of ether oxygens (including phenoxy) is 1. The molecule has 94 valence electrons. The number of phenols is 1. The molecule has 3 heteroatoms. The molecule has 0 radical (unpaired) electrons. The number of benzene rings is 1. The van der Waals surface area contributed by atoms with Gasteiger partial charge in [0.1, 0.15) is 11.5 Å². The first-order chi connectivity index (χ1) is 8.27. The summed E-state index contributed by atoms with van der Waals surface area (Å²) in [4.78, 5) is 2.48. The van der Waals surface area contributed by atoms with E-state index in [0.717, 1.165) is 30.9 Å². The van der Waals surface area contributed by atoms with E-state index in [1.54, 1.807) is 6.07 Å². The maximum Gasteiger partial charge on any atom is 0.125 e. The largest absolute Gasteiger partial charge is 0.508 e. The molecule has 0 unspecified atom stereocenters. The van der Waals surface area contributed by atoms with Crippen molar-refractivity contribution in [2.45, 2.75) is 26.2 Å². The van der Waals surface area contributed by atoms with Crippen molar-refractivity contribution in [2.75, 3.05) is 26.2 Å². The molecule has 0 bridgehead atoms. The second-order valence-electron chi connectivity index (χ2n) is 4.65. The molecule has 1 aromatic carbocycles. The van der Waals surface area contributed by atoms with Crippen LogP contribution in [-0.2, 0) is 0 Å². The van der Waals surface area contributed by atoms with Crippen molar-refractivity contribution >= 4 is 0 Å². The van der Waals surface area contributed by atoms with Gasteiger partial charge in [0.15, 0.2) is 0 Å². The molecule has 1 aliphatic rings. The minimum absolute atomic E-state index is 0.307. The van der Waals surface area contributed by atoms with E-state index in [2.05, 4.69) is 4.90 Å². The quantitative estimate of drug-likeness (QED) is 0.796. The van der Waals surface area contributed by atoms with E-state index in [9.17, 15) is 5.11 Å². The molecule has 1 heterocycles. The molecular weight excluding hydrogens is 214 g/mol. The lowest BCUT2D eigenvalue weighted by atomic mass is 10.2. The minimum Gasteiger partial charge on any atom is -0.508 e. The van der Waals surface area contributed by atoms with Gasteiger partial charge in [-0.2, -0.15) is 0 Å². The van der Waals surface area contributed by atoms with Crippen LogP contribution in [0.25, 0.3) is 0 Å². The molecule has 0 saturated carbocycles. The molecule has 0 atom stereocenters. The zero-order chi connectivity index (χ0) is 12.1. The Labute approximate surface area is 103 Å². The second kappa shape index (κ2) is 5.92. The van der Waals surface area contributed by atoms with Crippen LogP contribution >= 0.6 is 0 Å². The Balaban J connectivity index is 1.72. The van der Waals surface area contributed by atoms with Gasteiger partial charge >= 0.3 is 0 Å². The highest BCUT2D eigenvalue weighted by Crippen LogP contribution is 2.25. The topological polar surface area (TPSA) is 32.7 Å². The van der Waals surface area contributed by atoms with E-state index in [1.807, 2.05) is 19.1 Å². The summed E-state index contributed by atoms with van der Waals surface area (Å²) < 4.78 is 5.69. The third-order valence-corrected chi connectivity index (χ3v) is 3.33. The first-order valence-corrected chi connectivity index (χ1v) is 6.41. The molecule has 1 N–H and O–H groups in total. The molecule has 17 heavy (non-hydrogen) atoms. The van der Waals surface area contributed by atoms with E-state index in [1.165, 1.54) is 25.9 Å². The molecule has 0 aromatic heterocycles. The van der Waals surface area contributed by atoms with Crippen molar-refractivity contribution in [3.8, 4) is 11.5 Å². The van der Waals surface area contributed by atoms with Crippen LogP contribution in [0.2, 0.25) is 0 Å². The van der Waals surface area contributed by atoms with Gasteiger partial charge in [0, 0.05) is 12.1 Å². The summed E-state index contributed by atoms with van der Waals surface area (Å²) in [5.74, 6) is 1.11. The summed E-state index contributed by atoms with van der Waals surface area (Å²) in [6, 6.07) is 5.41. The van der Waals surface area contributed by atoms with Gasteiger partial charge in [0.25, 0.3) is 0 Å². The van der Waals surface area contributed by atoms with Crippen molar-refractivity contribution in [3.63, 3.8) is 0 Å². The predicted octanol–water partition coefficient (Wildman–Crippen LogP) is 2.57. The zero-order valence-electron chi connectivity index (χ0n) is 10.5. The summed E-state index contributed by atoms with van der Waals surface area (Å²) in [7, 11) is 0. The van der Waals surface area contributed by atoms with E-state index >= 15 is 0 Å². The SMILES string of the molecule is Cc1c(O)cccc1OCCCN1CCCC1. The van der Waals surface area contributed by atoms with Crippen LogP contribution in [0, 0.1) is 6.92 Å². The van der Waals surface area contributed by atoms with Crippen LogP contribution < -0.4 is 4.74 Å². The number of hydrogen-bond acceptors (Lipinski definition) is 3. The molecule has 3 nitrogen and oxygen atoms in total. The maximum absolute atomic E-state index is 9.54. The minimum atomic E-state index is 0.307. The second-order valence-corrected chi connectivity index (χ2v) is 4.65. The molecule has 1 saturated heterocycles. The first-order valence-electron chi connectivity index (χ1n) is 6.41. The Hall–Kier alpha value is -1.22. The van der Waals surface area contributed by atoms with Gasteiger partial charge in [-0.1, -0.05) is 6.07 Å². The number of rotatable bonds is 5. The lowest BCUT2D eigenvalue weighted by molar-refractivity contribution is 0.261. The van der Waals surface area contributed by atoms with Gasteiger partial charge in [-0.3, -0.25) is 0 Å². The number of likely N-dealkylation sites (tertiary alicyclic amines) is 1. The highest BCUT2D eigenvalue weighted by atomic mass is 16.5. The Kier molecular flexibility index (Phi) is 4.26. The van der Waals surface area contributed by atoms with Gasteiger partial charge in [0.05, 0.1) is 6.61 Å². The molecule has 1 fully saturated rings. The van der Waals surface area contributed by atoms with Gasteiger partial charge in [-0.05, 0) is 51.4 Å². The third-order valence-electron chi connectivity index (χ3n) is 3.33. The molecule has 0 amide bonds. The van der Waals surface area contributed by atoms with Gasteiger partial charge < -0.3 is 14.7 Å². The Morgan fingerprint density at radius 1 is 1.29 bits per heavy atom. The van der Waals surface area contributed by atoms with Crippen LogP contribution in [0.3, 0.4) is 0 Å². The predicted molar refractivity (Wildman–Crippen MR) is 68.6 cm³/mol.